The van der Waals surface area contributed by atoms with Gasteiger partial charge in [0, 0.05) is 31.9 Å². The van der Waals surface area contributed by atoms with Gasteiger partial charge in [-0.1, -0.05) is 38.2 Å². The fourth-order valence-electron chi connectivity index (χ4n) is 5.37. The second-order valence-corrected chi connectivity index (χ2v) is 10.7. The monoisotopic (exact) mass is 447 g/mol. The van der Waals surface area contributed by atoms with Gasteiger partial charge in [-0.15, -0.1) is 11.6 Å². The molecule has 0 radical (unpaired) electrons. The molecule has 2 fully saturated rings. The van der Waals surface area contributed by atoms with Gasteiger partial charge in [0.05, 0.1) is 11.5 Å². The van der Waals surface area contributed by atoms with Gasteiger partial charge in [-0.05, 0) is 75.1 Å². The zero-order valence-corrected chi connectivity index (χ0v) is 20.2. The highest BCUT2D eigenvalue weighted by Gasteiger charge is 2.28. The molecule has 0 aromatic heterocycles. The maximum absolute atomic E-state index is 6.20. The van der Waals surface area contributed by atoms with Crippen LogP contribution in [-0.2, 0) is 0 Å². The molecule has 4 atom stereocenters. The van der Waals surface area contributed by atoms with E-state index < -0.39 is 0 Å². The number of hydrazine groups is 1. The van der Waals surface area contributed by atoms with Crippen molar-refractivity contribution in [2.75, 3.05) is 39.3 Å². The van der Waals surface area contributed by atoms with Crippen LogP contribution < -0.4 is 16.1 Å². The van der Waals surface area contributed by atoms with Crippen molar-refractivity contribution >= 4 is 11.6 Å². The molecular weight excluding hydrogens is 406 g/mol. The summed E-state index contributed by atoms with van der Waals surface area (Å²) in [6.45, 7) is 11.5. The minimum absolute atomic E-state index is 0.195. The second-order valence-electron chi connectivity index (χ2n) is 10.2. The van der Waals surface area contributed by atoms with Gasteiger partial charge in [0.2, 0.25) is 0 Å². The molecule has 0 bridgehead atoms. The van der Waals surface area contributed by atoms with Crippen LogP contribution in [0.25, 0.3) is 0 Å². The molecule has 3 aliphatic heterocycles. The molecule has 31 heavy (non-hydrogen) atoms. The molecule has 6 heteroatoms. The van der Waals surface area contributed by atoms with E-state index in [2.05, 4.69) is 70.3 Å². The fraction of sp³-hybridized carbons (Fsp3) is 0.760. The number of nitrogens with one attached hydrogen (secondary N) is 3. The summed E-state index contributed by atoms with van der Waals surface area (Å²) in [5, 5.41) is 10.1. The predicted octanol–water partition coefficient (Wildman–Crippen LogP) is 3.47. The van der Waals surface area contributed by atoms with E-state index in [0.717, 1.165) is 37.9 Å². The van der Waals surface area contributed by atoms with E-state index >= 15 is 0 Å². The number of likely N-dealkylation sites (tertiary alicyclic amines) is 1. The van der Waals surface area contributed by atoms with Crippen LogP contribution in [0.1, 0.15) is 46.0 Å². The van der Waals surface area contributed by atoms with Gasteiger partial charge in [0.25, 0.3) is 0 Å². The average molecular weight is 448 g/mol. The molecule has 0 aromatic rings. The average Bonchev–Trinajstić information content (AvgIpc) is 3.33. The normalized spacial score (nSPS) is 31.4. The number of alkyl halides is 1. The lowest BCUT2D eigenvalue weighted by atomic mass is 9.86. The summed E-state index contributed by atoms with van der Waals surface area (Å²) < 4.78 is 0. The Balaban J connectivity index is 1.17. The number of hydrogen-bond acceptors (Lipinski definition) is 5. The van der Waals surface area contributed by atoms with Crippen LogP contribution in [0.15, 0.2) is 36.1 Å². The number of nitrogens with zero attached hydrogens (tertiary/aromatic N) is 2. The molecule has 3 N–H and O–H groups in total. The Morgan fingerprint density at radius 2 is 2.03 bits per heavy atom. The van der Waals surface area contributed by atoms with E-state index in [9.17, 15) is 0 Å². The zero-order chi connectivity index (χ0) is 21.6. The van der Waals surface area contributed by atoms with E-state index in [1.807, 2.05) is 0 Å². The lowest BCUT2D eigenvalue weighted by molar-refractivity contribution is 0.128. The standard InChI is InChI=1S/C25H42ClN5/c1-19(2)24(27-16-20-4-9-25(28-17-20)31-13-3-12-29-31)18-30-14-10-22(11-15-30)21-5-7-23(26)8-6-21/h3,5-7,13,19-20,22-25,27-29H,4,8-12,14-18H2,1-2H3/t20?,23?,24-,25?/m0/s1. The lowest BCUT2D eigenvalue weighted by Gasteiger charge is -2.38. The molecule has 4 rings (SSSR count). The van der Waals surface area contributed by atoms with Crippen LogP contribution in [0, 0.1) is 17.8 Å². The topological polar surface area (TPSA) is 42.6 Å². The molecule has 5 nitrogen and oxygen atoms in total. The van der Waals surface area contributed by atoms with Gasteiger partial charge in [-0.3, -0.25) is 10.3 Å². The Morgan fingerprint density at radius 3 is 2.65 bits per heavy atom. The Morgan fingerprint density at radius 1 is 1.19 bits per heavy atom. The van der Waals surface area contributed by atoms with Gasteiger partial charge < -0.3 is 10.2 Å². The van der Waals surface area contributed by atoms with Crippen LogP contribution in [0.4, 0.5) is 0 Å². The van der Waals surface area contributed by atoms with E-state index in [1.165, 1.54) is 50.9 Å². The van der Waals surface area contributed by atoms with Gasteiger partial charge in [0.15, 0.2) is 0 Å². The zero-order valence-electron chi connectivity index (χ0n) is 19.4. The lowest BCUT2D eigenvalue weighted by Crippen LogP contribution is -2.54. The van der Waals surface area contributed by atoms with Crippen molar-refractivity contribution in [3.63, 3.8) is 0 Å². The first kappa shape index (κ1) is 23.3. The van der Waals surface area contributed by atoms with Crippen LogP contribution in [-0.4, -0.2) is 66.8 Å². The third-order valence-electron chi connectivity index (χ3n) is 7.55. The van der Waals surface area contributed by atoms with Crippen molar-refractivity contribution in [1.82, 2.24) is 26.0 Å². The molecule has 1 aliphatic carbocycles. The summed E-state index contributed by atoms with van der Waals surface area (Å²) in [6, 6.07) is 0.572. The molecule has 0 saturated carbocycles. The van der Waals surface area contributed by atoms with E-state index in [0.29, 0.717) is 18.1 Å². The molecule has 174 valence electrons. The molecule has 0 amide bonds. The summed E-state index contributed by atoms with van der Waals surface area (Å²) >= 11 is 6.20. The van der Waals surface area contributed by atoms with Crippen molar-refractivity contribution in [3.05, 3.63) is 36.1 Å². The molecular formula is C25H42ClN5. The first-order valence-corrected chi connectivity index (χ1v) is 12.9. The number of allylic oxidation sites excluding steroid dienone is 4. The van der Waals surface area contributed by atoms with E-state index in [4.69, 9.17) is 11.6 Å². The van der Waals surface area contributed by atoms with Crippen LogP contribution in [0.2, 0.25) is 0 Å². The highest BCUT2D eigenvalue weighted by Crippen LogP contribution is 2.29. The quantitative estimate of drug-likeness (QED) is 0.497. The number of piperidine rings is 2. The van der Waals surface area contributed by atoms with Crippen molar-refractivity contribution in [3.8, 4) is 0 Å². The van der Waals surface area contributed by atoms with Gasteiger partial charge in [-0.2, -0.15) is 0 Å². The van der Waals surface area contributed by atoms with Crippen molar-refractivity contribution < 1.29 is 0 Å². The molecule has 3 heterocycles. The van der Waals surface area contributed by atoms with E-state index in [-0.39, 0.29) is 5.38 Å². The predicted molar refractivity (Wildman–Crippen MR) is 131 cm³/mol. The first-order valence-electron chi connectivity index (χ1n) is 12.5. The van der Waals surface area contributed by atoms with Crippen LogP contribution >= 0.6 is 11.6 Å². The molecule has 3 unspecified atom stereocenters. The molecule has 0 aromatic carbocycles. The Hall–Kier alpha value is -0.850. The Bertz CT molecular complexity index is 644. The third kappa shape index (κ3) is 6.58. The number of hydrogen-bond donors (Lipinski definition) is 3. The Labute approximate surface area is 194 Å². The maximum Gasteiger partial charge on any atom is 0.0941 e. The maximum atomic E-state index is 6.20. The van der Waals surface area contributed by atoms with Gasteiger partial charge in [0.1, 0.15) is 0 Å². The molecule has 4 aliphatic rings. The molecule has 0 spiro atoms. The summed E-state index contributed by atoms with van der Waals surface area (Å²) in [7, 11) is 0. The summed E-state index contributed by atoms with van der Waals surface area (Å²) in [5.74, 6) is 2.11. The van der Waals surface area contributed by atoms with Gasteiger partial charge >= 0.3 is 0 Å². The van der Waals surface area contributed by atoms with Crippen LogP contribution in [0.3, 0.4) is 0 Å². The third-order valence-corrected chi connectivity index (χ3v) is 7.87. The number of halogens is 1. The van der Waals surface area contributed by atoms with E-state index in [1.54, 1.807) is 0 Å². The van der Waals surface area contributed by atoms with Crippen molar-refractivity contribution in [2.24, 2.45) is 17.8 Å². The molecule has 2 saturated heterocycles. The fourth-order valence-corrected chi connectivity index (χ4v) is 5.53. The van der Waals surface area contributed by atoms with Crippen molar-refractivity contribution in [2.45, 2.75) is 63.5 Å². The van der Waals surface area contributed by atoms with Crippen LogP contribution in [0.5, 0.6) is 0 Å². The smallest absolute Gasteiger partial charge is 0.0941 e. The summed E-state index contributed by atoms with van der Waals surface area (Å²) in [5.41, 5.74) is 4.93. The van der Waals surface area contributed by atoms with Crippen molar-refractivity contribution in [1.29, 1.82) is 0 Å². The minimum atomic E-state index is 0.195. The Kier molecular flexibility index (Phi) is 8.52. The number of rotatable bonds is 8. The SMILES string of the molecule is CC(C)[C@H](CN1CCC(C2=CCC(Cl)C=C2)CC1)NCC1CCC(N2C=CCN2)NC1. The minimum Gasteiger partial charge on any atom is -0.312 e. The second kappa shape index (κ2) is 11.3. The summed E-state index contributed by atoms with van der Waals surface area (Å²) in [4.78, 5) is 2.69. The highest BCUT2D eigenvalue weighted by molar-refractivity contribution is 6.22. The summed E-state index contributed by atoms with van der Waals surface area (Å²) in [6.07, 6.45) is 17.7. The highest BCUT2D eigenvalue weighted by atomic mass is 35.5. The largest absolute Gasteiger partial charge is 0.312 e. The van der Waals surface area contributed by atoms with Gasteiger partial charge in [-0.25, -0.2) is 5.43 Å². The first-order chi connectivity index (χ1) is 15.1.